The van der Waals surface area contributed by atoms with E-state index < -0.39 is 6.04 Å². The Balaban J connectivity index is 0.00000220. The molecule has 0 saturated heterocycles. The predicted molar refractivity (Wildman–Crippen MR) is 90.2 cm³/mol. The molecule has 2 rings (SSSR count). The molecule has 0 unspecified atom stereocenters. The van der Waals surface area contributed by atoms with Crippen LogP contribution in [0.25, 0.3) is 0 Å². The number of carbonyl (C=O) groups is 1. The van der Waals surface area contributed by atoms with Gasteiger partial charge in [0.25, 0.3) is 0 Å². The molecule has 1 aromatic carbocycles. The highest BCUT2D eigenvalue weighted by Crippen LogP contribution is 2.05. The van der Waals surface area contributed by atoms with Crippen molar-refractivity contribution in [1.29, 1.82) is 0 Å². The number of nitrogens with one attached hydrogen (secondary N) is 1. The molecule has 1 heterocycles. The number of aromatic nitrogens is 3. The number of halogens is 2. The van der Waals surface area contributed by atoms with Gasteiger partial charge in [0.05, 0.1) is 12.6 Å². The van der Waals surface area contributed by atoms with Gasteiger partial charge < -0.3 is 11.1 Å². The molecular formula is C14H21Cl2N5O. The van der Waals surface area contributed by atoms with Gasteiger partial charge in [0.1, 0.15) is 12.7 Å². The summed E-state index contributed by atoms with van der Waals surface area (Å²) >= 11 is 0. The number of nitrogens with zero attached hydrogens (tertiary/aromatic N) is 3. The third-order valence-corrected chi connectivity index (χ3v) is 3.08. The largest absolute Gasteiger partial charge is 0.351 e. The number of hydrogen-bond acceptors (Lipinski definition) is 4. The van der Waals surface area contributed by atoms with Gasteiger partial charge in [-0.3, -0.25) is 4.79 Å². The number of carbonyl (C=O) groups excluding carboxylic acids is 1. The van der Waals surface area contributed by atoms with Crippen LogP contribution in [-0.4, -0.2) is 26.7 Å². The number of nitrogens with two attached hydrogens (primary N) is 1. The zero-order chi connectivity index (χ0) is 14.4. The van der Waals surface area contributed by atoms with Gasteiger partial charge in [-0.1, -0.05) is 31.2 Å². The molecule has 1 amide bonds. The maximum atomic E-state index is 11.6. The average molecular weight is 346 g/mol. The fraction of sp³-hybridized carbons (Fsp3) is 0.357. The third-order valence-electron chi connectivity index (χ3n) is 3.08. The van der Waals surface area contributed by atoms with Crippen LogP contribution in [0.4, 0.5) is 0 Å². The summed E-state index contributed by atoms with van der Waals surface area (Å²) in [7, 11) is 0. The number of amides is 1. The smallest absolute Gasteiger partial charge is 0.237 e. The van der Waals surface area contributed by atoms with Crippen LogP contribution >= 0.6 is 24.8 Å². The number of benzene rings is 1. The lowest BCUT2D eigenvalue weighted by Crippen LogP contribution is -2.39. The van der Waals surface area contributed by atoms with E-state index in [1.54, 1.807) is 11.0 Å². The lowest BCUT2D eigenvalue weighted by atomic mass is 10.1. The van der Waals surface area contributed by atoms with E-state index in [9.17, 15) is 4.79 Å². The Morgan fingerprint density at radius 2 is 1.91 bits per heavy atom. The molecule has 0 radical (unpaired) electrons. The van der Waals surface area contributed by atoms with E-state index in [2.05, 4.69) is 15.4 Å². The van der Waals surface area contributed by atoms with E-state index in [0.29, 0.717) is 19.5 Å². The minimum Gasteiger partial charge on any atom is -0.351 e. The standard InChI is InChI=1S/C14H19N5O.2ClH/c1-2-13(15)14(20)17-7-11-3-5-12(6-4-11)8-19-10-16-9-18-19;;/h3-6,9-10,13H,2,7-8,15H2,1H3,(H,17,20);2*1H/t13-;;/m0../s1. The van der Waals surface area contributed by atoms with Crippen molar-refractivity contribution < 1.29 is 4.79 Å². The first-order chi connectivity index (χ1) is 9.69. The molecule has 3 N–H and O–H groups in total. The molecule has 0 aliphatic heterocycles. The summed E-state index contributed by atoms with van der Waals surface area (Å²) in [4.78, 5) is 15.5. The van der Waals surface area contributed by atoms with Crippen LogP contribution in [0.5, 0.6) is 0 Å². The van der Waals surface area contributed by atoms with Gasteiger partial charge in [0.2, 0.25) is 5.91 Å². The molecule has 1 aromatic heterocycles. The van der Waals surface area contributed by atoms with Crippen molar-refractivity contribution in [2.75, 3.05) is 0 Å². The summed E-state index contributed by atoms with van der Waals surface area (Å²) in [5.74, 6) is -0.112. The summed E-state index contributed by atoms with van der Waals surface area (Å²) in [6.07, 6.45) is 3.84. The topological polar surface area (TPSA) is 85.8 Å². The Hall–Kier alpha value is -1.63. The molecule has 6 nitrogen and oxygen atoms in total. The van der Waals surface area contributed by atoms with Crippen molar-refractivity contribution in [2.45, 2.75) is 32.5 Å². The van der Waals surface area contributed by atoms with Gasteiger partial charge in [0, 0.05) is 6.54 Å². The van der Waals surface area contributed by atoms with E-state index in [1.807, 2.05) is 31.2 Å². The highest BCUT2D eigenvalue weighted by atomic mass is 35.5. The first kappa shape index (κ1) is 20.4. The minimum atomic E-state index is -0.429. The second-order valence-electron chi connectivity index (χ2n) is 4.64. The number of rotatable bonds is 6. The molecule has 122 valence electrons. The van der Waals surface area contributed by atoms with Crippen LogP contribution in [0, 0.1) is 0 Å². The van der Waals surface area contributed by atoms with Crippen LogP contribution in [0.3, 0.4) is 0 Å². The molecule has 2 aromatic rings. The lowest BCUT2D eigenvalue weighted by molar-refractivity contribution is -0.122. The van der Waals surface area contributed by atoms with Gasteiger partial charge in [-0.05, 0) is 17.5 Å². The monoisotopic (exact) mass is 345 g/mol. The summed E-state index contributed by atoms with van der Waals surface area (Å²) in [6.45, 7) is 3.08. The predicted octanol–water partition coefficient (Wildman–Crippen LogP) is 1.52. The van der Waals surface area contributed by atoms with Crippen LogP contribution in [0.1, 0.15) is 24.5 Å². The van der Waals surface area contributed by atoms with Gasteiger partial charge in [0.15, 0.2) is 0 Å². The first-order valence-corrected chi connectivity index (χ1v) is 6.62. The molecule has 0 aliphatic rings. The Morgan fingerprint density at radius 3 is 2.45 bits per heavy atom. The molecule has 22 heavy (non-hydrogen) atoms. The van der Waals surface area contributed by atoms with E-state index in [4.69, 9.17) is 5.73 Å². The molecule has 0 fully saturated rings. The molecule has 0 bridgehead atoms. The molecule has 0 saturated carbocycles. The molecule has 0 spiro atoms. The molecular weight excluding hydrogens is 325 g/mol. The van der Waals surface area contributed by atoms with Crippen LogP contribution in [0.2, 0.25) is 0 Å². The van der Waals surface area contributed by atoms with Crippen LogP contribution < -0.4 is 11.1 Å². The van der Waals surface area contributed by atoms with E-state index >= 15 is 0 Å². The van der Waals surface area contributed by atoms with E-state index in [-0.39, 0.29) is 30.7 Å². The van der Waals surface area contributed by atoms with Crippen molar-refractivity contribution in [3.63, 3.8) is 0 Å². The molecule has 8 heteroatoms. The zero-order valence-corrected chi connectivity index (χ0v) is 13.9. The van der Waals surface area contributed by atoms with Crippen molar-refractivity contribution in [3.05, 3.63) is 48.0 Å². The fourth-order valence-electron chi connectivity index (χ4n) is 1.77. The van der Waals surface area contributed by atoms with Crippen molar-refractivity contribution in [3.8, 4) is 0 Å². The molecule has 1 atom stereocenters. The highest BCUT2D eigenvalue weighted by molar-refractivity contribution is 5.85. The second-order valence-corrected chi connectivity index (χ2v) is 4.64. The van der Waals surface area contributed by atoms with Gasteiger partial charge in [-0.25, -0.2) is 9.67 Å². The van der Waals surface area contributed by atoms with E-state index in [0.717, 1.165) is 11.1 Å². The van der Waals surface area contributed by atoms with Crippen molar-refractivity contribution in [1.82, 2.24) is 20.1 Å². The lowest BCUT2D eigenvalue weighted by Gasteiger charge is -2.10. The first-order valence-electron chi connectivity index (χ1n) is 6.62. The SMILES string of the molecule is CC[C@H](N)C(=O)NCc1ccc(Cn2cncn2)cc1.Cl.Cl. The van der Waals surface area contributed by atoms with Crippen molar-refractivity contribution in [2.24, 2.45) is 5.73 Å². The second kappa shape index (κ2) is 10.2. The average Bonchev–Trinajstić information content (AvgIpc) is 2.98. The normalized spacial score (nSPS) is 11.0. The minimum absolute atomic E-state index is 0. The summed E-state index contributed by atoms with van der Waals surface area (Å²) < 4.78 is 1.76. The maximum Gasteiger partial charge on any atom is 0.237 e. The van der Waals surface area contributed by atoms with Crippen LogP contribution in [0.15, 0.2) is 36.9 Å². The third kappa shape index (κ3) is 6.01. The Kier molecular flexibility index (Phi) is 9.40. The summed E-state index contributed by atoms with van der Waals surface area (Å²) in [5, 5.41) is 6.88. The molecule has 0 aliphatic carbocycles. The number of hydrogen-bond donors (Lipinski definition) is 2. The van der Waals surface area contributed by atoms with E-state index in [1.165, 1.54) is 6.33 Å². The zero-order valence-electron chi connectivity index (χ0n) is 12.3. The van der Waals surface area contributed by atoms with Crippen LogP contribution in [-0.2, 0) is 17.9 Å². The van der Waals surface area contributed by atoms with Crippen molar-refractivity contribution >= 4 is 30.7 Å². The van der Waals surface area contributed by atoms with Gasteiger partial charge >= 0.3 is 0 Å². The Morgan fingerprint density at radius 1 is 1.27 bits per heavy atom. The van der Waals surface area contributed by atoms with Gasteiger partial charge in [-0.2, -0.15) is 5.10 Å². The summed E-state index contributed by atoms with van der Waals surface area (Å²) in [6, 6.07) is 7.58. The Bertz CT molecular complexity index is 545. The van der Waals surface area contributed by atoms with Gasteiger partial charge in [-0.15, -0.1) is 24.8 Å². The fourth-order valence-corrected chi connectivity index (χ4v) is 1.77. The Labute approximate surface area is 142 Å². The quantitative estimate of drug-likeness (QED) is 0.831. The highest BCUT2D eigenvalue weighted by Gasteiger charge is 2.09. The summed E-state index contributed by atoms with van der Waals surface area (Å²) in [5.41, 5.74) is 7.83. The maximum absolute atomic E-state index is 11.6.